The lowest BCUT2D eigenvalue weighted by molar-refractivity contribution is 0.380. The van der Waals surface area contributed by atoms with E-state index in [-0.39, 0.29) is 72.9 Å². The lowest BCUT2D eigenvalue weighted by Crippen LogP contribution is -2.23. The van der Waals surface area contributed by atoms with E-state index in [1.807, 2.05) is 28.4 Å². The molecule has 9 aromatic carbocycles. The van der Waals surface area contributed by atoms with Crippen molar-refractivity contribution in [3.8, 4) is 34.1 Å². The van der Waals surface area contributed by atoms with Gasteiger partial charge >= 0.3 is 0 Å². The van der Waals surface area contributed by atoms with Crippen LogP contribution in [0, 0.1) is 13.8 Å². The Morgan fingerprint density at radius 2 is 0.598 bits per heavy atom. The zero-order valence-electron chi connectivity index (χ0n) is 69.7. The SMILES string of the molecule is COc1c(C(C)(C)C)cc([C@@H](C)c2cc(C)cc([C@H](C)c3cc(C(C)(C)C)c(OC)c(C(C)(C)C)c3)c2-c2cc3cccc4ccc5c(c2=CC(c2c([C@H](C)c6cc(C(C)(C)C)c(OC)c(C(C)(C)C)c6)cc(C)cc2[C@H](C)c2cc(C(C)(C)C)c(OC)c(C(C)(C)C)c2)C5)c43)cc1C(C)(C)C. The molecule has 0 saturated carbocycles. The first kappa shape index (κ1) is 77.3. The summed E-state index contributed by atoms with van der Waals surface area (Å²) in [6.45, 7) is 70.7. The van der Waals surface area contributed by atoms with Crippen molar-refractivity contribution in [3.05, 3.63) is 226 Å². The lowest BCUT2D eigenvalue weighted by Gasteiger charge is -2.34. The monoisotopic (exact) mass is 1370 g/mol. The van der Waals surface area contributed by atoms with Crippen molar-refractivity contribution in [2.45, 2.75) is 287 Å². The van der Waals surface area contributed by atoms with Crippen LogP contribution in [0.25, 0.3) is 38.7 Å². The van der Waals surface area contributed by atoms with Crippen LogP contribution in [0.5, 0.6) is 23.0 Å². The van der Waals surface area contributed by atoms with E-state index in [0.29, 0.717) is 0 Å². The Kier molecular flexibility index (Phi) is 20.5. The van der Waals surface area contributed by atoms with Gasteiger partial charge in [0.05, 0.1) is 28.4 Å². The van der Waals surface area contributed by atoms with Crippen molar-refractivity contribution in [3.63, 3.8) is 0 Å². The van der Waals surface area contributed by atoms with E-state index in [1.54, 1.807) is 0 Å². The molecule has 0 aliphatic heterocycles. The Hall–Kier alpha value is -7.30. The maximum Gasteiger partial charge on any atom is 0.126 e. The van der Waals surface area contributed by atoms with Crippen LogP contribution >= 0.6 is 0 Å². The number of rotatable bonds is 14. The summed E-state index contributed by atoms with van der Waals surface area (Å²) in [6, 6.07) is 44.6. The molecule has 9 aromatic rings. The second-order valence-electron chi connectivity index (χ2n) is 39.2. The molecule has 1 aliphatic carbocycles. The van der Waals surface area contributed by atoms with E-state index in [2.05, 4.69) is 323 Å². The normalized spacial score (nSPS) is 15.5. The number of hydrogen-bond acceptors (Lipinski definition) is 4. The van der Waals surface area contributed by atoms with Gasteiger partial charge in [-0.1, -0.05) is 314 Å². The zero-order valence-corrected chi connectivity index (χ0v) is 69.7. The molecule has 0 heterocycles. The van der Waals surface area contributed by atoms with Gasteiger partial charge in [0.1, 0.15) is 23.0 Å². The van der Waals surface area contributed by atoms with Gasteiger partial charge in [-0.15, -0.1) is 0 Å². The molecular weight excluding hydrogens is 1240 g/mol. The van der Waals surface area contributed by atoms with Crippen LogP contribution in [-0.4, -0.2) is 28.4 Å². The molecule has 0 spiro atoms. The number of ether oxygens (including phenoxy) is 4. The molecule has 1 unspecified atom stereocenters. The topological polar surface area (TPSA) is 36.9 Å². The van der Waals surface area contributed by atoms with Crippen molar-refractivity contribution in [1.82, 2.24) is 0 Å². The molecule has 5 atom stereocenters. The smallest absolute Gasteiger partial charge is 0.126 e. The maximum atomic E-state index is 6.50. The van der Waals surface area contributed by atoms with E-state index >= 15 is 0 Å². The molecule has 4 heteroatoms. The molecule has 0 fully saturated rings. The Labute approximate surface area is 618 Å². The third-order valence-corrected chi connectivity index (χ3v) is 22.8. The summed E-state index contributed by atoms with van der Waals surface area (Å²) in [7, 11) is 7.44. The number of hydrogen-bond donors (Lipinski definition) is 0. The predicted molar refractivity (Wildman–Crippen MR) is 441 cm³/mol. The van der Waals surface area contributed by atoms with Gasteiger partial charge in [0, 0.05) is 74.1 Å². The molecule has 0 saturated heterocycles. The van der Waals surface area contributed by atoms with Crippen LogP contribution in [0.1, 0.15) is 335 Å². The first-order chi connectivity index (χ1) is 46.9. The Morgan fingerprint density at radius 3 is 0.882 bits per heavy atom. The Bertz CT molecular complexity index is 4390. The summed E-state index contributed by atoms with van der Waals surface area (Å²) in [5, 5.41) is 6.57. The minimum Gasteiger partial charge on any atom is -0.496 e. The van der Waals surface area contributed by atoms with Gasteiger partial charge in [0.2, 0.25) is 0 Å². The highest BCUT2D eigenvalue weighted by atomic mass is 16.5. The van der Waals surface area contributed by atoms with Crippen molar-refractivity contribution in [2.75, 3.05) is 28.4 Å². The van der Waals surface area contributed by atoms with Crippen LogP contribution in [-0.2, 0) is 49.7 Å². The highest BCUT2D eigenvalue weighted by molar-refractivity contribution is 6.14. The summed E-state index contributed by atoms with van der Waals surface area (Å²) in [6.07, 6.45) is 3.62. The average Bonchev–Trinajstić information content (AvgIpc) is 0.713. The standard InChI is InChI=1S/C98H128O4/c1-55-40-69(57(3)64-47-75(91(7,8)9)87(99-31)76(48-64)92(10,11)12)84(70(41-55)58(4)65-49-77(93(13,14)15)88(100-32)78(50-65)94(16,17)18)68-44-63-39-38-61-36-35-37-62-45-74(73(46-68)85(63)83(61)62)86-71(59(5)66-51-79(95(19,20)21)89(101-33)80(52-66)96(22,23)24)42-56(2)43-72(86)60(6)67-53-81(97(25,26)27)90(102-34)82(54-67)98(28,29)30/h35-43,45-54,57-60,68H,44H2,1-34H3/t57-,58-,59-,60-,68?/m1/s1. The number of methoxy groups -OCH3 is 4. The van der Waals surface area contributed by atoms with Crippen molar-refractivity contribution >= 4 is 27.6 Å². The Morgan fingerprint density at radius 1 is 0.324 bits per heavy atom. The van der Waals surface area contributed by atoms with E-state index in [9.17, 15) is 0 Å². The molecule has 0 amide bonds. The summed E-state index contributed by atoms with van der Waals surface area (Å²) >= 11 is 0. The molecule has 0 aromatic heterocycles. The highest BCUT2D eigenvalue weighted by Crippen LogP contribution is 2.53. The second-order valence-corrected chi connectivity index (χ2v) is 39.2. The van der Waals surface area contributed by atoms with Gasteiger partial charge in [0.25, 0.3) is 0 Å². The average molecular weight is 1370 g/mol. The van der Waals surface area contributed by atoms with Crippen molar-refractivity contribution in [2.24, 2.45) is 0 Å². The third kappa shape index (κ3) is 14.5. The van der Waals surface area contributed by atoms with Crippen LogP contribution in [0.2, 0.25) is 0 Å². The third-order valence-electron chi connectivity index (χ3n) is 22.8. The Balaban J connectivity index is 1.40. The van der Waals surface area contributed by atoms with Crippen molar-refractivity contribution in [1.29, 1.82) is 0 Å². The lowest BCUT2D eigenvalue weighted by atomic mass is 9.70. The molecule has 0 N–H and O–H groups in total. The number of benzene rings is 9. The largest absolute Gasteiger partial charge is 0.496 e. The maximum absolute atomic E-state index is 6.50. The fourth-order valence-electron chi connectivity index (χ4n) is 17.0. The predicted octanol–water partition coefficient (Wildman–Crippen LogP) is 26.1. The van der Waals surface area contributed by atoms with E-state index in [1.165, 1.54) is 149 Å². The molecule has 10 rings (SSSR count). The van der Waals surface area contributed by atoms with Gasteiger partial charge in [-0.2, -0.15) is 0 Å². The zero-order chi connectivity index (χ0) is 75.8. The van der Waals surface area contributed by atoms with Gasteiger partial charge in [-0.25, -0.2) is 0 Å². The van der Waals surface area contributed by atoms with E-state index < -0.39 is 0 Å². The van der Waals surface area contributed by atoms with Crippen LogP contribution in [0.15, 0.2) is 109 Å². The van der Waals surface area contributed by atoms with Crippen LogP contribution in [0.4, 0.5) is 0 Å². The number of aryl methyl sites for hydroxylation is 2. The fourth-order valence-corrected chi connectivity index (χ4v) is 17.0. The molecule has 1 aliphatic rings. The summed E-state index contributed by atoms with van der Waals surface area (Å²) in [4.78, 5) is 0. The fraction of sp³-hybridized carbons (Fsp3) is 0.490. The molecule has 0 bridgehead atoms. The van der Waals surface area contributed by atoms with Crippen LogP contribution in [0.3, 0.4) is 0 Å². The molecular formula is C98H128O4. The van der Waals surface area contributed by atoms with E-state index in [4.69, 9.17) is 18.9 Å². The first-order valence-corrected chi connectivity index (χ1v) is 38.2. The van der Waals surface area contributed by atoms with Gasteiger partial charge in [-0.05, 0) is 163 Å². The van der Waals surface area contributed by atoms with Crippen LogP contribution < -0.4 is 24.2 Å². The van der Waals surface area contributed by atoms with Gasteiger partial charge < -0.3 is 18.9 Å². The summed E-state index contributed by atoms with van der Waals surface area (Å²) in [5.74, 6) is 3.90. The highest BCUT2D eigenvalue weighted by Gasteiger charge is 2.38. The minimum atomic E-state index is -0.191. The molecule has 102 heavy (non-hydrogen) atoms. The van der Waals surface area contributed by atoms with Gasteiger partial charge in [-0.3, -0.25) is 0 Å². The first-order valence-electron chi connectivity index (χ1n) is 38.2. The minimum absolute atomic E-state index is 0.00687. The molecule has 0 radical (unpaired) electrons. The summed E-state index contributed by atoms with van der Waals surface area (Å²) < 4.78 is 26.0. The van der Waals surface area contributed by atoms with Gasteiger partial charge in [0.15, 0.2) is 0 Å². The second kappa shape index (κ2) is 27.0. The van der Waals surface area contributed by atoms with Crippen molar-refractivity contribution < 1.29 is 18.9 Å². The van der Waals surface area contributed by atoms with E-state index in [0.717, 1.165) is 29.4 Å². The summed E-state index contributed by atoms with van der Waals surface area (Å²) in [5.41, 5.74) is 27.0. The quantitative estimate of drug-likeness (QED) is 0.109. The molecule has 544 valence electrons. The molecule has 4 nitrogen and oxygen atoms in total.